The molecule has 0 aromatic carbocycles. The van der Waals surface area contributed by atoms with Gasteiger partial charge in [0.05, 0.1) is 13.2 Å². The highest BCUT2D eigenvalue weighted by Gasteiger charge is 1.83. The van der Waals surface area contributed by atoms with E-state index in [0.717, 1.165) is 4.48 Å². The Kier molecular flexibility index (Phi) is 5.01. The van der Waals surface area contributed by atoms with Gasteiger partial charge in [-0.2, -0.15) is 0 Å². The van der Waals surface area contributed by atoms with E-state index in [9.17, 15) is 0 Å². The molecule has 0 atom stereocenters. The lowest BCUT2D eigenvalue weighted by Gasteiger charge is -1.95. The van der Waals surface area contributed by atoms with Crippen LogP contribution in [-0.4, -0.2) is 13.2 Å². The van der Waals surface area contributed by atoms with Gasteiger partial charge in [-0.25, -0.2) is 0 Å². The van der Waals surface area contributed by atoms with Gasteiger partial charge in [0, 0.05) is 4.48 Å². The van der Waals surface area contributed by atoms with Crippen molar-refractivity contribution >= 4 is 15.9 Å². The SMILES string of the molecule is C=CCOCC(=C)Br. The number of rotatable bonds is 4. The average Bonchev–Trinajstić information content (AvgIpc) is 1.66. The molecule has 0 unspecified atom stereocenters. The highest BCUT2D eigenvalue weighted by Crippen LogP contribution is 1.99. The van der Waals surface area contributed by atoms with E-state index >= 15 is 0 Å². The fraction of sp³-hybridized carbons (Fsp3) is 0.333. The second-order valence-corrected chi connectivity index (χ2v) is 2.44. The minimum atomic E-state index is 0.562. The van der Waals surface area contributed by atoms with Crippen molar-refractivity contribution in [2.75, 3.05) is 13.2 Å². The van der Waals surface area contributed by atoms with Gasteiger partial charge in [-0.05, 0) is 0 Å². The monoisotopic (exact) mass is 176 g/mol. The van der Waals surface area contributed by atoms with Crippen LogP contribution in [0.3, 0.4) is 0 Å². The lowest BCUT2D eigenvalue weighted by molar-refractivity contribution is 0.193. The van der Waals surface area contributed by atoms with Crippen LogP contribution < -0.4 is 0 Å². The van der Waals surface area contributed by atoms with Gasteiger partial charge in [-0.15, -0.1) is 6.58 Å². The summed E-state index contributed by atoms with van der Waals surface area (Å²) in [7, 11) is 0. The highest BCUT2D eigenvalue weighted by molar-refractivity contribution is 9.11. The summed E-state index contributed by atoms with van der Waals surface area (Å²) >= 11 is 3.15. The quantitative estimate of drug-likeness (QED) is 0.472. The molecule has 0 saturated heterocycles. The van der Waals surface area contributed by atoms with Gasteiger partial charge in [0.2, 0.25) is 0 Å². The molecule has 1 nitrogen and oxygen atoms in total. The Hall–Kier alpha value is -0.0800. The van der Waals surface area contributed by atoms with E-state index in [1.54, 1.807) is 6.08 Å². The molecule has 46 valence electrons. The molecular weight excluding hydrogens is 168 g/mol. The van der Waals surface area contributed by atoms with E-state index in [0.29, 0.717) is 13.2 Å². The van der Waals surface area contributed by atoms with Gasteiger partial charge < -0.3 is 4.74 Å². The first kappa shape index (κ1) is 7.92. The lowest BCUT2D eigenvalue weighted by atomic mass is 10.6. The van der Waals surface area contributed by atoms with Crippen LogP contribution in [0.15, 0.2) is 23.7 Å². The Balaban J connectivity index is 2.93. The maximum Gasteiger partial charge on any atom is 0.0780 e. The molecule has 0 bridgehead atoms. The molecule has 0 aliphatic heterocycles. The van der Waals surface area contributed by atoms with Crippen LogP contribution in [0.4, 0.5) is 0 Å². The fourth-order valence-electron chi connectivity index (χ4n) is 0.253. The van der Waals surface area contributed by atoms with Crippen LogP contribution in [0.2, 0.25) is 0 Å². The van der Waals surface area contributed by atoms with Crippen LogP contribution in [0.25, 0.3) is 0 Å². The van der Waals surface area contributed by atoms with Crippen molar-refractivity contribution in [2.45, 2.75) is 0 Å². The summed E-state index contributed by atoms with van der Waals surface area (Å²) in [6, 6.07) is 0. The van der Waals surface area contributed by atoms with E-state index in [-0.39, 0.29) is 0 Å². The maximum absolute atomic E-state index is 4.98. The minimum Gasteiger partial charge on any atom is -0.372 e. The number of hydrogen-bond acceptors (Lipinski definition) is 1. The van der Waals surface area contributed by atoms with E-state index in [4.69, 9.17) is 4.74 Å². The van der Waals surface area contributed by atoms with Crippen molar-refractivity contribution in [2.24, 2.45) is 0 Å². The summed E-state index contributed by atoms with van der Waals surface area (Å²) < 4.78 is 5.84. The molecule has 0 aliphatic rings. The Morgan fingerprint density at radius 2 is 2.38 bits per heavy atom. The maximum atomic E-state index is 4.98. The normalized spacial score (nSPS) is 8.62. The van der Waals surface area contributed by atoms with Gasteiger partial charge in [0.15, 0.2) is 0 Å². The second-order valence-electron chi connectivity index (χ2n) is 1.32. The first-order valence-electron chi connectivity index (χ1n) is 2.29. The highest BCUT2D eigenvalue weighted by atomic mass is 79.9. The Labute approximate surface area is 58.2 Å². The third kappa shape index (κ3) is 5.92. The second kappa shape index (κ2) is 5.06. The molecule has 0 radical (unpaired) electrons. The zero-order chi connectivity index (χ0) is 6.41. The first-order chi connectivity index (χ1) is 3.77. The molecule has 0 N–H and O–H groups in total. The van der Waals surface area contributed by atoms with E-state index < -0.39 is 0 Å². The van der Waals surface area contributed by atoms with Gasteiger partial charge in [-0.1, -0.05) is 28.6 Å². The molecule has 0 fully saturated rings. The number of halogens is 1. The van der Waals surface area contributed by atoms with Crippen LogP contribution >= 0.6 is 15.9 Å². The van der Waals surface area contributed by atoms with Gasteiger partial charge >= 0.3 is 0 Å². The third-order valence-corrected chi connectivity index (χ3v) is 0.723. The molecule has 8 heavy (non-hydrogen) atoms. The molecule has 0 amide bonds. The van der Waals surface area contributed by atoms with Gasteiger partial charge in [-0.3, -0.25) is 0 Å². The van der Waals surface area contributed by atoms with E-state index in [1.165, 1.54) is 0 Å². The summed E-state index contributed by atoms with van der Waals surface area (Å²) in [5, 5.41) is 0. The summed E-state index contributed by atoms with van der Waals surface area (Å²) in [5.41, 5.74) is 0. The van der Waals surface area contributed by atoms with E-state index in [1.807, 2.05) is 0 Å². The molecule has 0 rings (SSSR count). The lowest BCUT2D eigenvalue weighted by Crippen LogP contribution is -1.91. The number of hydrogen-bond donors (Lipinski definition) is 0. The summed E-state index contributed by atoms with van der Waals surface area (Å²) in [5.74, 6) is 0. The molecule has 2 heteroatoms. The number of ether oxygens (including phenoxy) is 1. The largest absolute Gasteiger partial charge is 0.372 e. The Morgan fingerprint density at radius 1 is 1.75 bits per heavy atom. The zero-order valence-corrected chi connectivity index (χ0v) is 6.28. The van der Waals surface area contributed by atoms with Crippen molar-refractivity contribution in [1.29, 1.82) is 0 Å². The zero-order valence-electron chi connectivity index (χ0n) is 4.69. The van der Waals surface area contributed by atoms with Crippen molar-refractivity contribution in [3.05, 3.63) is 23.7 Å². The smallest absolute Gasteiger partial charge is 0.0780 e. The summed E-state index contributed by atoms with van der Waals surface area (Å²) in [4.78, 5) is 0. The van der Waals surface area contributed by atoms with Crippen LogP contribution in [0.1, 0.15) is 0 Å². The van der Waals surface area contributed by atoms with Crippen LogP contribution in [-0.2, 0) is 4.74 Å². The molecule has 0 aliphatic carbocycles. The topological polar surface area (TPSA) is 9.23 Å². The Morgan fingerprint density at radius 3 is 2.75 bits per heavy atom. The molecule has 0 aromatic rings. The summed E-state index contributed by atoms with van der Waals surface area (Å²) in [6.07, 6.45) is 1.70. The van der Waals surface area contributed by atoms with Gasteiger partial charge in [0.1, 0.15) is 0 Å². The predicted octanol–water partition coefficient (Wildman–Crippen LogP) is 2.10. The first-order valence-corrected chi connectivity index (χ1v) is 3.08. The molecule has 0 spiro atoms. The van der Waals surface area contributed by atoms with Crippen molar-refractivity contribution in [1.82, 2.24) is 0 Å². The minimum absolute atomic E-state index is 0.562. The molecule has 0 aromatic heterocycles. The van der Waals surface area contributed by atoms with Crippen LogP contribution in [0, 0.1) is 0 Å². The van der Waals surface area contributed by atoms with Crippen molar-refractivity contribution < 1.29 is 4.74 Å². The fourth-order valence-corrected chi connectivity index (χ4v) is 0.415. The molecule has 0 saturated carbocycles. The Bertz CT molecular complexity index is 88.5. The van der Waals surface area contributed by atoms with Crippen molar-refractivity contribution in [3.63, 3.8) is 0 Å². The van der Waals surface area contributed by atoms with E-state index in [2.05, 4.69) is 29.1 Å². The predicted molar refractivity (Wildman–Crippen MR) is 39.1 cm³/mol. The standard InChI is InChI=1S/C6H9BrO/c1-3-4-8-5-6(2)7/h3H,1-2,4-5H2. The average molecular weight is 177 g/mol. The molecular formula is C6H9BrO. The third-order valence-electron chi connectivity index (χ3n) is 0.494. The summed E-state index contributed by atoms with van der Waals surface area (Å²) in [6.45, 7) is 8.22. The molecule has 0 heterocycles. The van der Waals surface area contributed by atoms with Crippen LogP contribution in [0.5, 0.6) is 0 Å². The van der Waals surface area contributed by atoms with Gasteiger partial charge in [0.25, 0.3) is 0 Å². The van der Waals surface area contributed by atoms with Crippen molar-refractivity contribution in [3.8, 4) is 0 Å².